The number of anilines is 1. The molecule has 0 bridgehead atoms. The molecule has 0 spiro atoms. The van der Waals surface area contributed by atoms with Crippen LogP contribution < -0.4 is 15.8 Å². The molecule has 188 valence electrons. The Bertz CT molecular complexity index is 869. The van der Waals surface area contributed by atoms with Gasteiger partial charge in [0, 0.05) is 45.1 Å². The molecule has 2 unspecified atom stereocenters. The highest BCUT2D eigenvalue weighted by molar-refractivity contribution is 6.31. The maximum absolute atomic E-state index is 12.7. The average molecular weight is 507 g/mol. The van der Waals surface area contributed by atoms with Crippen molar-refractivity contribution in [3.8, 4) is 0 Å². The Hall–Kier alpha value is -2.22. The number of hydrogen-bond donors (Lipinski definition) is 2. The fraction of sp³-hybridized carbons (Fsp3) is 0.700. The van der Waals surface area contributed by atoms with Gasteiger partial charge in [-0.05, 0) is 12.8 Å². The van der Waals surface area contributed by atoms with Gasteiger partial charge in [-0.3, -0.25) is 15.0 Å². The van der Waals surface area contributed by atoms with E-state index in [1.165, 1.54) is 0 Å². The monoisotopic (exact) mass is 506 g/mol. The number of halogens is 4. The van der Waals surface area contributed by atoms with E-state index in [-0.39, 0.29) is 36.4 Å². The van der Waals surface area contributed by atoms with Crippen molar-refractivity contribution in [2.75, 3.05) is 44.2 Å². The molecular weight excluding hydrogens is 481 g/mol. The van der Waals surface area contributed by atoms with Crippen LogP contribution in [0.15, 0.2) is 12.4 Å². The zero-order valence-electron chi connectivity index (χ0n) is 18.3. The first kappa shape index (κ1) is 24.9. The Labute approximate surface area is 199 Å². The molecule has 0 aliphatic carbocycles. The van der Waals surface area contributed by atoms with Crippen molar-refractivity contribution in [3.63, 3.8) is 0 Å². The summed E-state index contributed by atoms with van der Waals surface area (Å²) in [5.74, 6) is -0.154. The molecule has 3 aliphatic rings. The highest BCUT2D eigenvalue weighted by atomic mass is 35.5. The largest absolute Gasteiger partial charge is 0.419 e. The quantitative estimate of drug-likeness (QED) is 0.543. The van der Waals surface area contributed by atoms with Gasteiger partial charge in [0.2, 0.25) is 11.9 Å². The SMILES string of the molecule is O=C1NNCC(OC[C@H]2CC[C@H](CC(=O)N3CCN(c4ncc(C(F)(F)F)cn4)CC3)O2)C1Cl. The molecule has 1 aromatic rings. The van der Waals surface area contributed by atoms with E-state index in [1.54, 1.807) is 9.80 Å². The number of ether oxygens (including phenoxy) is 2. The number of piperazine rings is 1. The first-order valence-corrected chi connectivity index (χ1v) is 11.5. The molecule has 3 fully saturated rings. The summed E-state index contributed by atoms with van der Waals surface area (Å²) in [6, 6.07) is 0. The van der Waals surface area contributed by atoms with Gasteiger partial charge in [0.1, 0.15) is 5.38 Å². The van der Waals surface area contributed by atoms with Crippen molar-refractivity contribution in [3.05, 3.63) is 18.0 Å². The summed E-state index contributed by atoms with van der Waals surface area (Å²) >= 11 is 6.05. The smallest absolute Gasteiger partial charge is 0.372 e. The van der Waals surface area contributed by atoms with Crippen LogP contribution in [0.25, 0.3) is 0 Å². The standard InChI is InChI=1S/C20H26ClF3N6O4/c21-17-15(10-27-28-18(17)32)33-11-14-2-1-13(34-14)7-16(31)29-3-5-30(6-4-29)19-25-8-12(9-26-19)20(22,23)24/h8-9,13-15,17,27H,1-7,10-11H2,(H,28,32)/t13-,14-,15?,17?/m1/s1. The van der Waals surface area contributed by atoms with E-state index in [4.69, 9.17) is 21.1 Å². The van der Waals surface area contributed by atoms with Gasteiger partial charge in [-0.2, -0.15) is 13.2 Å². The number of alkyl halides is 4. The Morgan fingerprint density at radius 1 is 1.18 bits per heavy atom. The Morgan fingerprint density at radius 3 is 2.53 bits per heavy atom. The van der Waals surface area contributed by atoms with Crippen LogP contribution in [0, 0.1) is 0 Å². The summed E-state index contributed by atoms with van der Waals surface area (Å²) in [6.07, 6.45) is -2.05. The van der Waals surface area contributed by atoms with Gasteiger partial charge in [0.05, 0.1) is 36.9 Å². The van der Waals surface area contributed by atoms with Crippen molar-refractivity contribution in [1.29, 1.82) is 0 Å². The molecule has 4 rings (SSSR count). The minimum absolute atomic E-state index is 0.0338. The van der Waals surface area contributed by atoms with Crippen LogP contribution >= 0.6 is 11.6 Å². The number of nitrogens with zero attached hydrogens (tertiary/aromatic N) is 4. The van der Waals surface area contributed by atoms with Crippen molar-refractivity contribution in [2.45, 2.75) is 49.1 Å². The molecular formula is C20H26ClF3N6O4. The molecule has 10 nitrogen and oxygen atoms in total. The Balaban J connectivity index is 1.18. The normalized spacial score (nSPS) is 28.2. The van der Waals surface area contributed by atoms with Gasteiger partial charge in [-0.1, -0.05) is 0 Å². The summed E-state index contributed by atoms with van der Waals surface area (Å²) in [7, 11) is 0. The van der Waals surface area contributed by atoms with Crippen LogP contribution in [-0.2, 0) is 25.2 Å². The number of amides is 2. The van der Waals surface area contributed by atoms with Crippen LogP contribution in [-0.4, -0.2) is 89.7 Å². The summed E-state index contributed by atoms with van der Waals surface area (Å²) in [6.45, 7) is 2.41. The van der Waals surface area contributed by atoms with Crippen molar-refractivity contribution in [1.82, 2.24) is 25.7 Å². The number of hydrazine groups is 1. The van der Waals surface area contributed by atoms with E-state index >= 15 is 0 Å². The third-order valence-corrected chi connectivity index (χ3v) is 6.55. The fourth-order valence-corrected chi connectivity index (χ4v) is 4.33. The van der Waals surface area contributed by atoms with Crippen molar-refractivity contribution in [2.24, 2.45) is 0 Å². The fourth-order valence-electron chi connectivity index (χ4n) is 4.12. The third-order valence-electron chi connectivity index (χ3n) is 6.07. The summed E-state index contributed by atoms with van der Waals surface area (Å²) in [5.41, 5.74) is 4.28. The second-order valence-corrected chi connectivity index (χ2v) is 8.91. The number of carbonyl (C=O) groups excluding carboxylic acids is 2. The predicted molar refractivity (Wildman–Crippen MR) is 114 cm³/mol. The average Bonchev–Trinajstić information content (AvgIpc) is 3.27. The third kappa shape index (κ3) is 6.06. The molecule has 1 aromatic heterocycles. The molecule has 4 atom stereocenters. The highest BCUT2D eigenvalue weighted by Gasteiger charge is 2.35. The topological polar surface area (TPSA) is 109 Å². The molecule has 3 aliphatic heterocycles. The Kier molecular flexibility index (Phi) is 7.75. The lowest BCUT2D eigenvalue weighted by Gasteiger charge is -2.35. The number of carbonyl (C=O) groups is 2. The summed E-state index contributed by atoms with van der Waals surface area (Å²) in [4.78, 5) is 35.4. The number of nitrogens with one attached hydrogen (secondary N) is 2. The minimum Gasteiger partial charge on any atom is -0.372 e. The molecule has 0 aromatic carbocycles. The van der Waals surface area contributed by atoms with Crippen molar-refractivity contribution >= 4 is 29.4 Å². The zero-order chi connectivity index (χ0) is 24.3. The van der Waals surface area contributed by atoms with Crippen LogP contribution in [0.4, 0.5) is 19.1 Å². The maximum atomic E-state index is 12.7. The van der Waals surface area contributed by atoms with Gasteiger partial charge < -0.3 is 19.3 Å². The molecule has 0 radical (unpaired) electrons. The first-order valence-electron chi connectivity index (χ1n) is 11.1. The number of rotatable bonds is 6. The minimum atomic E-state index is -4.48. The van der Waals surface area contributed by atoms with Crippen LogP contribution in [0.3, 0.4) is 0 Å². The van der Waals surface area contributed by atoms with E-state index < -0.39 is 23.2 Å². The summed E-state index contributed by atoms with van der Waals surface area (Å²) < 4.78 is 49.7. The Morgan fingerprint density at radius 2 is 1.85 bits per heavy atom. The lowest BCUT2D eigenvalue weighted by molar-refractivity contribution is -0.138. The number of aromatic nitrogens is 2. The van der Waals surface area contributed by atoms with Crippen LogP contribution in [0.2, 0.25) is 0 Å². The van der Waals surface area contributed by atoms with E-state index in [0.29, 0.717) is 39.3 Å². The molecule has 2 amide bonds. The second kappa shape index (κ2) is 10.6. The van der Waals surface area contributed by atoms with Gasteiger partial charge in [-0.15, -0.1) is 11.6 Å². The maximum Gasteiger partial charge on any atom is 0.419 e. The van der Waals surface area contributed by atoms with Crippen LogP contribution in [0.5, 0.6) is 0 Å². The van der Waals surface area contributed by atoms with Gasteiger partial charge in [0.25, 0.3) is 5.91 Å². The van der Waals surface area contributed by atoms with E-state index in [1.807, 2.05) is 0 Å². The lowest BCUT2D eigenvalue weighted by atomic mass is 10.1. The molecule has 0 saturated carbocycles. The first-order chi connectivity index (χ1) is 16.2. The van der Waals surface area contributed by atoms with Crippen LogP contribution in [0.1, 0.15) is 24.8 Å². The van der Waals surface area contributed by atoms with Gasteiger partial charge in [0.15, 0.2) is 0 Å². The second-order valence-electron chi connectivity index (χ2n) is 8.44. The van der Waals surface area contributed by atoms with Gasteiger partial charge >= 0.3 is 6.18 Å². The van der Waals surface area contributed by atoms with E-state index in [2.05, 4.69) is 20.8 Å². The molecule has 14 heteroatoms. The van der Waals surface area contributed by atoms with Crippen molar-refractivity contribution < 1.29 is 32.2 Å². The molecule has 4 heterocycles. The molecule has 2 N–H and O–H groups in total. The lowest BCUT2D eigenvalue weighted by Crippen LogP contribution is -2.57. The number of hydrogen-bond acceptors (Lipinski definition) is 8. The van der Waals surface area contributed by atoms with Gasteiger partial charge in [-0.25, -0.2) is 15.4 Å². The predicted octanol–water partition coefficient (Wildman–Crippen LogP) is 0.709. The summed E-state index contributed by atoms with van der Waals surface area (Å²) in [5, 5.41) is -0.772. The highest BCUT2D eigenvalue weighted by Crippen LogP contribution is 2.28. The van der Waals surface area contributed by atoms with E-state index in [9.17, 15) is 22.8 Å². The molecule has 3 saturated heterocycles. The van der Waals surface area contributed by atoms with E-state index in [0.717, 1.165) is 25.2 Å². The zero-order valence-corrected chi connectivity index (χ0v) is 19.0. The molecule has 34 heavy (non-hydrogen) atoms.